The molecular formula is C27H32N4O2. The molecule has 0 fully saturated rings. The van der Waals surface area contributed by atoms with Crippen LogP contribution in [0.25, 0.3) is 33.1 Å². The van der Waals surface area contributed by atoms with E-state index in [1.807, 2.05) is 18.2 Å². The summed E-state index contributed by atoms with van der Waals surface area (Å²) in [7, 11) is 7.51. The molecule has 6 nitrogen and oxygen atoms in total. The van der Waals surface area contributed by atoms with Crippen LogP contribution in [0.3, 0.4) is 0 Å². The molecule has 0 spiro atoms. The monoisotopic (exact) mass is 444 g/mol. The lowest BCUT2D eigenvalue weighted by molar-refractivity contribution is 0.356. The minimum Gasteiger partial charge on any atom is -0.493 e. The van der Waals surface area contributed by atoms with Crippen LogP contribution in [0.1, 0.15) is 19.3 Å². The third kappa shape index (κ3) is 5.34. The average Bonchev–Trinajstić information content (AvgIpc) is 2.84. The van der Waals surface area contributed by atoms with Gasteiger partial charge in [0.1, 0.15) is 5.82 Å². The Balaban J connectivity index is 1.69. The van der Waals surface area contributed by atoms with Gasteiger partial charge in [-0.05, 0) is 56.4 Å². The molecule has 0 unspecified atom stereocenters. The van der Waals surface area contributed by atoms with Gasteiger partial charge in [-0.15, -0.1) is 0 Å². The van der Waals surface area contributed by atoms with Crippen LogP contribution in [0.2, 0.25) is 0 Å². The van der Waals surface area contributed by atoms with Crippen molar-refractivity contribution in [2.45, 2.75) is 19.3 Å². The first-order valence-electron chi connectivity index (χ1n) is 11.4. The van der Waals surface area contributed by atoms with Crippen LogP contribution in [0.15, 0.2) is 54.6 Å². The Morgan fingerprint density at radius 1 is 0.818 bits per heavy atom. The van der Waals surface area contributed by atoms with Crippen molar-refractivity contribution in [1.29, 1.82) is 0 Å². The number of aromatic nitrogens is 2. The number of hydrogen-bond acceptors (Lipinski definition) is 6. The minimum atomic E-state index is 0.655. The molecular weight excluding hydrogens is 412 g/mol. The molecule has 3 aromatic carbocycles. The maximum atomic E-state index is 5.53. The number of hydrogen-bond donors (Lipinski definition) is 1. The number of anilines is 1. The van der Waals surface area contributed by atoms with Crippen molar-refractivity contribution < 1.29 is 9.47 Å². The largest absolute Gasteiger partial charge is 0.493 e. The van der Waals surface area contributed by atoms with Gasteiger partial charge in [-0.2, -0.15) is 0 Å². The van der Waals surface area contributed by atoms with Crippen LogP contribution >= 0.6 is 0 Å². The fourth-order valence-corrected chi connectivity index (χ4v) is 3.98. The summed E-state index contributed by atoms with van der Waals surface area (Å²) in [4.78, 5) is 12.0. The molecule has 0 radical (unpaired) electrons. The van der Waals surface area contributed by atoms with Gasteiger partial charge in [0.05, 0.1) is 19.7 Å². The van der Waals surface area contributed by atoms with E-state index in [0.717, 1.165) is 41.8 Å². The maximum Gasteiger partial charge on any atom is 0.162 e. The van der Waals surface area contributed by atoms with Crippen molar-refractivity contribution in [3.8, 4) is 22.9 Å². The second-order valence-corrected chi connectivity index (χ2v) is 8.47. The molecule has 4 aromatic rings. The number of methoxy groups -OCH3 is 2. The molecule has 0 atom stereocenters. The molecule has 172 valence electrons. The van der Waals surface area contributed by atoms with Gasteiger partial charge in [0.15, 0.2) is 17.3 Å². The number of unbranched alkanes of at least 4 members (excludes halogenated alkanes) is 2. The minimum absolute atomic E-state index is 0.655. The van der Waals surface area contributed by atoms with Crippen molar-refractivity contribution in [2.75, 3.05) is 46.7 Å². The number of rotatable bonds is 10. The third-order valence-electron chi connectivity index (χ3n) is 5.78. The first-order chi connectivity index (χ1) is 16.1. The zero-order chi connectivity index (χ0) is 23.2. The van der Waals surface area contributed by atoms with Crippen molar-refractivity contribution in [1.82, 2.24) is 14.9 Å². The van der Waals surface area contributed by atoms with Gasteiger partial charge in [0.25, 0.3) is 0 Å². The van der Waals surface area contributed by atoms with E-state index >= 15 is 0 Å². The van der Waals surface area contributed by atoms with E-state index in [1.54, 1.807) is 14.2 Å². The summed E-state index contributed by atoms with van der Waals surface area (Å²) in [6.07, 6.45) is 3.44. The van der Waals surface area contributed by atoms with Crippen LogP contribution in [0.4, 0.5) is 5.82 Å². The topological polar surface area (TPSA) is 59.5 Å². The van der Waals surface area contributed by atoms with Crippen LogP contribution in [-0.2, 0) is 0 Å². The third-order valence-corrected chi connectivity index (χ3v) is 5.78. The van der Waals surface area contributed by atoms with E-state index in [2.05, 4.69) is 60.7 Å². The van der Waals surface area contributed by atoms with Crippen LogP contribution in [0.5, 0.6) is 11.5 Å². The predicted molar refractivity (Wildman–Crippen MR) is 136 cm³/mol. The molecule has 0 aliphatic heterocycles. The number of fused-ring (bicyclic) bond motifs is 2. The summed E-state index contributed by atoms with van der Waals surface area (Å²) in [6, 6.07) is 18.5. The summed E-state index contributed by atoms with van der Waals surface area (Å²) < 4.78 is 11.1. The highest BCUT2D eigenvalue weighted by molar-refractivity contribution is 5.94. The Bertz CT molecular complexity index is 1240. The second kappa shape index (κ2) is 10.5. The van der Waals surface area contributed by atoms with E-state index in [-0.39, 0.29) is 0 Å². The van der Waals surface area contributed by atoms with Crippen molar-refractivity contribution in [3.63, 3.8) is 0 Å². The van der Waals surface area contributed by atoms with Crippen LogP contribution in [-0.4, -0.2) is 56.3 Å². The summed E-state index contributed by atoms with van der Waals surface area (Å²) in [5, 5.41) is 6.84. The molecule has 0 aliphatic carbocycles. The molecule has 0 amide bonds. The Kier molecular flexibility index (Phi) is 7.25. The van der Waals surface area contributed by atoms with Gasteiger partial charge in [-0.3, -0.25) is 0 Å². The SMILES string of the molecule is COc1cc2nc(-c3ccc4ccccc4c3)nc(NCCCCCN(C)C)c2cc1OC. The molecule has 1 N–H and O–H groups in total. The summed E-state index contributed by atoms with van der Waals surface area (Å²) in [6.45, 7) is 1.96. The highest BCUT2D eigenvalue weighted by Crippen LogP contribution is 2.35. The van der Waals surface area contributed by atoms with Crippen LogP contribution in [0, 0.1) is 0 Å². The number of ether oxygens (including phenoxy) is 2. The van der Waals surface area contributed by atoms with Gasteiger partial charge in [-0.1, -0.05) is 42.8 Å². The zero-order valence-corrected chi connectivity index (χ0v) is 19.9. The highest BCUT2D eigenvalue weighted by Gasteiger charge is 2.14. The summed E-state index contributed by atoms with van der Waals surface area (Å²) in [5.74, 6) is 2.83. The summed E-state index contributed by atoms with van der Waals surface area (Å²) in [5.41, 5.74) is 1.81. The normalized spacial score (nSPS) is 11.3. The van der Waals surface area contributed by atoms with Gasteiger partial charge >= 0.3 is 0 Å². The molecule has 33 heavy (non-hydrogen) atoms. The maximum absolute atomic E-state index is 5.53. The zero-order valence-electron chi connectivity index (χ0n) is 19.9. The van der Waals surface area contributed by atoms with Crippen molar-refractivity contribution in [3.05, 3.63) is 54.6 Å². The molecule has 1 aromatic heterocycles. The fraction of sp³-hybridized carbons (Fsp3) is 0.333. The van der Waals surface area contributed by atoms with Crippen LogP contribution < -0.4 is 14.8 Å². The number of nitrogens with zero attached hydrogens (tertiary/aromatic N) is 3. The van der Waals surface area contributed by atoms with E-state index in [9.17, 15) is 0 Å². The van der Waals surface area contributed by atoms with E-state index in [1.165, 1.54) is 23.6 Å². The highest BCUT2D eigenvalue weighted by atomic mass is 16.5. The molecule has 0 saturated carbocycles. The first kappa shape index (κ1) is 22.8. The molecule has 4 rings (SSSR count). The first-order valence-corrected chi connectivity index (χ1v) is 11.4. The molecule has 0 saturated heterocycles. The van der Waals surface area contributed by atoms with E-state index < -0.39 is 0 Å². The molecule has 0 bridgehead atoms. The van der Waals surface area contributed by atoms with Gasteiger partial charge in [0, 0.05) is 23.6 Å². The molecule has 0 aliphatic rings. The Hall–Kier alpha value is -3.38. The number of nitrogens with one attached hydrogen (secondary N) is 1. The molecule has 1 heterocycles. The lowest BCUT2D eigenvalue weighted by Crippen LogP contribution is -2.13. The van der Waals surface area contributed by atoms with E-state index in [0.29, 0.717) is 17.3 Å². The molecule has 6 heteroatoms. The standard InChI is InChI=1S/C27H32N4O2/c1-31(2)15-9-5-8-14-28-27-22-17-24(32-3)25(33-4)18-23(22)29-26(30-27)21-13-12-19-10-6-7-11-20(19)16-21/h6-7,10-13,16-18H,5,8-9,14-15H2,1-4H3,(H,28,29,30). The summed E-state index contributed by atoms with van der Waals surface area (Å²) >= 11 is 0. The number of benzene rings is 3. The lowest BCUT2D eigenvalue weighted by atomic mass is 10.1. The average molecular weight is 445 g/mol. The lowest BCUT2D eigenvalue weighted by Gasteiger charge is -2.14. The quantitative estimate of drug-likeness (QED) is 0.321. The fourth-order valence-electron chi connectivity index (χ4n) is 3.98. The second-order valence-electron chi connectivity index (χ2n) is 8.47. The van der Waals surface area contributed by atoms with Gasteiger partial charge in [0.2, 0.25) is 0 Å². The predicted octanol–water partition coefficient (Wildman–Crippen LogP) is 5.61. The smallest absolute Gasteiger partial charge is 0.162 e. The van der Waals surface area contributed by atoms with Crippen molar-refractivity contribution in [2.24, 2.45) is 0 Å². The van der Waals surface area contributed by atoms with Gasteiger partial charge < -0.3 is 19.7 Å². The Morgan fingerprint density at radius 3 is 2.33 bits per heavy atom. The van der Waals surface area contributed by atoms with E-state index in [4.69, 9.17) is 19.4 Å². The Labute approximate surface area is 195 Å². The Morgan fingerprint density at radius 2 is 1.58 bits per heavy atom. The van der Waals surface area contributed by atoms with Gasteiger partial charge in [-0.25, -0.2) is 9.97 Å². The van der Waals surface area contributed by atoms with Crippen molar-refractivity contribution >= 4 is 27.5 Å².